The molecule has 1 aliphatic rings. The lowest BCUT2D eigenvalue weighted by molar-refractivity contribution is 0.107. The molecule has 82 valence electrons. The van der Waals surface area contributed by atoms with Crippen LogP contribution in [0.3, 0.4) is 0 Å². The number of nitrogens with zero attached hydrogens (tertiary/aromatic N) is 1. The van der Waals surface area contributed by atoms with Crippen molar-refractivity contribution in [3.63, 3.8) is 0 Å². The minimum atomic E-state index is 0.417. The molecule has 0 aromatic carbocycles. The number of pyridine rings is 1. The smallest absolute Gasteiger partial charge is 0.144 e. The van der Waals surface area contributed by atoms with Gasteiger partial charge in [-0.25, -0.2) is 4.98 Å². The van der Waals surface area contributed by atoms with Crippen molar-refractivity contribution < 1.29 is 4.74 Å². The summed E-state index contributed by atoms with van der Waals surface area (Å²) in [6.07, 6.45) is 5.54. The van der Waals surface area contributed by atoms with E-state index in [4.69, 9.17) is 16.3 Å². The molecule has 0 amide bonds. The van der Waals surface area contributed by atoms with Crippen LogP contribution in [0, 0.1) is 0 Å². The maximum absolute atomic E-state index is 5.96. The second kappa shape index (κ2) is 5.33. The Hall–Kier alpha value is -0.800. The molecule has 0 aliphatic carbocycles. The van der Waals surface area contributed by atoms with Crippen LogP contribution < -0.4 is 5.32 Å². The molecule has 3 nitrogen and oxygen atoms in total. The molecule has 1 aliphatic heterocycles. The molecule has 0 bridgehead atoms. The highest BCUT2D eigenvalue weighted by Crippen LogP contribution is 2.19. The Morgan fingerprint density at radius 3 is 3.27 bits per heavy atom. The van der Waals surface area contributed by atoms with Crippen LogP contribution in [-0.2, 0) is 4.74 Å². The third-order valence-corrected chi connectivity index (χ3v) is 2.85. The Bertz CT molecular complexity index is 313. The quantitative estimate of drug-likeness (QED) is 0.857. The van der Waals surface area contributed by atoms with Gasteiger partial charge in [-0.3, -0.25) is 0 Å². The first kappa shape index (κ1) is 10.7. The molecule has 15 heavy (non-hydrogen) atoms. The van der Waals surface area contributed by atoms with Crippen LogP contribution in [0.2, 0.25) is 5.02 Å². The third-order valence-electron chi connectivity index (χ3n) is 2.54. The molecule has 0 radical (unpaired) electrons. The lowest BCUT2D eigenvalue weighted by Gasteiger charge is -2.10. The third kappa shape index (κ3) is 3.08. The van der Waals surface area contributed by atoms with E-state index in [1.165, 1.54) is 12.8 Å². The summed E-state index contributed by atoms with van der Waals surface area (Å²) in [6.45, 7) is 1.77. The fourth-order valence-electron chi connectivity index (χ4n) is 1.74. The molecule has 0 saturated carbocycles. The number of anilines is 1. The van der Waals surface area contributed by atoms with Crippen molar-refractivity contribution in [2.45, 2.75) is 25.4 Å². The van der Waals surface area contributed by atoms with Gasteiger partial charge in [-0.2, -0.15) is 0 Å². The Balaban J connectivity index is 1.75. The molecule has 1 aromatic rings. The first-order chi connectivity index (χ1) is 7.36. The minimum absolute atomic E-state index is 0.417. The molecule has 1 N–H and O–H groups in total. The standard InChI is InChI=1S/C11H15ClN2O/c12-10-4-1-6-13-11(10)14-7-5-9-3-2-8-15-9/h1,4,6,9H,2-3,5,7-8H2,(H,13,14). The van der Waals surface area contributed by atoms with E-state index < -0.39 is 0 Å². The van der Waals surface area contributed by atoms with Crippen LogP contribution in [0.1, 0.15) is 19.3 Å². The Labute approximate surface area is 94.8 Å². The molecule has 2 rings (SSSR count). The molecule has 4 heteroatoms. The summed E-state index contributed by atoms with van der Waals surface area (Å²) in [6, 6.07) is 3.66. The molecule has 1 unspecified atom stereocenters. The van der Waals surface area contributed by atoms with E-state index in [1.54, 1.807) is 6.20 Å². The second-order valence-electron chi connectivity index (χ2n) is 3.68. The van der Waals surface area contributed by atoms with Crippen LogP contribution in [-0.4, -0.2) is 24.2 Å². The van der Waals surface area contributed by atoms with E-state index in [2.05, 4.69) is 10.3 Å². The first-order valence-electron chi connectivity index (χ1n) is 5.32. The van der Waals surface area contributed by atoms with Crippen molar-refractivity contribution in [3.05, 3.63) is 23.4 Å². The predicted octanol–water partition coefficient (Wildman–Crippen LogP) is 2.72. The lowest BCUT2D eigenvalue weighted by Crippen LogP contribution is -2.13. The van der Waals surface area contributed by atoms with E-state index in [0.717, 1.165) is 25.4 Å². The maximum atomic E-state index is 5.96. The van der Waals surface area contributed by atoms with Crippen molar-refractivity contribution >= 4 is 17.4 Å². The summed E-state index contributed by atoms with van der Waals surface area (Å²) >= 11 is 5.96. The topological polar surface area (TPSA) is 34.2 Å². The maximum Gasteiger partial charge on any atom is 0.144 e. The molecule has 1 atom stereocenters. The van der Waals surface area contributed by atoms with Crippen LogP contribution in [0.5, 0.6) is 0 Å². The van der Waals surface area contributed by atoms with Crippen molar-refractivity contribution in [1.29, 1.82) is 0 Å². The van der Waals surface area contributed by atoms with Crippen LogP contribution in [0.15, 0.2) is 18.3 Å². The van der Waals surface area contributed by atoms with Gasteiger partial charge in [0, 0.05) is 19.3 Å². The summed E-state index contributed by atoms with van der Waals surface area (Å²) in [5.41, 5.74) is 0. The number of nitrogens with one attached hydrogen (secondary N) is 1. The number of aromatic nitrogens is 1. The number of halogens is 1. The normalized spacial score (nSPS) is 20.5. The van der Waals surface area contributed by atoms with E-state index in [9.17, 15) is 0 Å². The van der Waals surface area contributed by atoms with Gasteiger partial charge < -0.3 is 10.1 Å². The summed E-state index contributed by atoms with van der Waals surface area (Å²) in [5, 5.41) is 3.89. The van der Waals surface area contributed by atoms with Gasteiger partial charge in [-0.05, 0) is 31.4 Å². The van der Waals surface area contributed by atoms with Gasteiger partial charge in [0.15, 0.2) is 0 Å². The molecule has 1 fully saturated rings. The van der Waals surface area contributed by atoms with Gasteiger partial charge in [-0.15, -0.1) is 0 Å². The lowest BCUT2D eigenvalue weighted by atomic mass is 10.2. The zero-order chi connectivity index (χ0) is 10.5. The Kier molecular flexibility index (Phi) is 3.80. The van der Waals surface area contributed by atoms with Crippen molar-refractivity contribution in [2.75, 3.05) is 18.5 Å². The van der Waals surface area contributed by atoms with Crippen molar-refractivity contribution in [2.24, 2.45) is 0 Å². The van der Waals surface area contributed by atoms with Gasteiger partial charge in [0.2, 0.25) is 0 Å². The zero-order valence-electron chi connectivity index (χ0n) is 8.58. The summed E-state index contributed by atoms with van der Waals surface area (Å²) in [4.78, 5) is 4.16. The van der Waals surface area contributed by atoms with Crippen molar-refractivity contribution in [3.8, 4) is 0 Å². The van der Waals surface area contributed by atoms with Gasteiger partial charge >= 0.3 is 0 Å². The molecule has 1 aromatic heterocycles. The Morgan fingerprint density at radius 1 is 1.60 bits per heavy atom. The monoisotopic (exact) mass is 226 g/mol. The van der Waals surface area contributed by atoms with E-state index in [0.29, 0.717) is 11.1 Å². The SMILES string of the molecule is Clc1cccnc1NCCC1CCCO1. The van der Waals surface area contributed by atoms with Gasteiger partial charge in [0.25, 0.3) is 0 Å². The van der Waals surface area contributed by atoms with Gasteiger partial charge in [-0.1, -0.05) is 11.6 Å². The summed E-state index contributed by atoms with van der Waals surface area (Å²) < 4.78 is 5.53. The highest BCUT2D eigenvalue weighted by molar-refractivity contribution is 6.32. The average Bonchev–Trinajstić information content (AvgIpc) is 2.74. The predicted molar refractivity (Wildman–Crippen MR) is 61.3 cm³/mol. The number of ether oxygens (including phenoxy) is 1. The van der Waals surface area contributed by atoms with Crippen molar-refractivity contribution in [1.82, 2.24) is 4.98 Å². The fraction of sp³-hybridized carbons (Fsp3) is 0.545. The molecular weight excluding hydrogens is 212 g/mol. The number of hydrogen-bond donors (Lipinski definition) is 1. The largest absolute Gasteiger partial charge is 0.378 e. The van der Waals surface area contributed by atoms with Crippen LogP contribution in [0.4, 0.5) is 5.82 Å². The summed E-state index contributed by atoms with van der Waals surface area (Å²) in [7, 11) is 0. The van der Waals surface area contributed by atoms with Crippen LogP contribution in [0.25, 0.3) is 0 Å². The average molecular weight is 227 g/mol. The van der Waals surface area contributed by atoms with E-state index >= 15 is 0 Å². The van der Waals surface area contributed by atoms with Gasteiger partial charge in [0.1, 0.15) is 5.82 Å². The minimum Gasteiger partial charge on any atom is -0.378 e. The molecular formula is C11H15ClN2O. The fourth-order valence-corrected chi connectivity index (χ4v) is 1.93. The highest BCUT2D eigenvalue weighted by Gasteiger charge is 2.14. The highest BCUT2D eigenvalue weighted by atomic mass is 35.5. The second-order valence-corrected chi connectivity index (χ2v) is 4.09. The number of hydrogen-bond acceptors (Lipinski definition) is 3. The number of rotatable bonds is 4. The molecule has 0 spiro atoms. The zero-order valence-corrected chi connectivity index (χ0v) is 9.33. The van der Waals surface area contributed by atoms with E-state index in [-0.39, 0.29) is 0 Å². The Morgan fingerprint density at radius 2 is 2.53 bits per heavy atom. The van der Waals surface area contributed by atoms with Crippen LogP contribution >= 0.6 is 11.6 Å². The first-order valence-corrected chi connectivity index (χ1v) is 5.70. The summed E-state index contributed by atoms with van der Waals surface area (Å²) in [5.74, 6) is 0.761. The molecule has 2 heterocycles. The molecule has 1 saturated heterocycles. The van der Waals surface area contributed by atoms with Gasteiger partial charge in [0.05, 0.1) is 11.1 Å². The van der Waals surface area contributed by atoms with E-state index in [1.807, 2.05) is 12.1 Å².